The smallest absolute Gasteiger partial charge is 0.0134 e. The van der Waals surface area contributed by atoms with E-state index in [1.165, 1.54) is 31.8 Å². The zero-order valence-electron chi connectivity index (χ0n) is 22.0. The highest BCUT2D eigenvalue weighted by molar-refractivity contribution is 8.93. The summed E-state index contributed by atoms with van der Waals surface area (Å²) in [5.41, 5.74) is 0. The van der Waals surface area contributed by atoms with Gasteiger partial charge in [-0.15, -0.1) is 34.0 Å². The van der Waals surface area contributed by atoms with Crippen LogP contribution in [0, 0.1) is 0 Å². The van der Waals surface area contributed by atoms with Gasteiger partial charge in [-0.1, -0.05) is 182 Å². The van der Waals surface area contributed by atoms with Crippen LogP contribution in [0.4, 0.5) is 0 Å². The first-order valence-electron chi connectivity index (χ1n) is 12.8. The standard InChI is InChI=1S/2C18H15P.2BrH/c2*1-4-10-16(11-5-1)19(17-12-6-2-7-13-17)18-14-8-3-9-15-18;;/h2*1-15H;2*1H. The van der Waals surface area contributed by atoms with Gasteiger partial charge in [0, 0.05) is 0 Å². The topological polar surface area (TPSA) is 0 Å². The van der Waals surface area contributed by atoms with Crippen molar-refractivity contribution in [3.05, 3.63) is 182 Å². The van der Waals surface area contributed by atoms with Gasteiger partial charge in [0.05, 0.1) is 0 Å². The third kappa shape index (κ3) is 8.57. The number of benzene rings is 6. The molecule has 0 saturated carbocycles. The van der Waals surface area contributed by atoms with Crippen LogP contribution >= 0.6 is 49.8 Å². The van der Waals surface area contributed by atoms with Crippen molar-refractivity contribution in [2.45, 2.75) is 0 Å². The molecule has 0 nitrogen and oxygen atoms in total. The molecule has 0 aliphatic carbocycles. The van der Waals surface area contributed by atoms with Crippen LogP contribution in [0.25, 0.3) is 0 Å². The van der Waals surface area contributed by atoms with Crippen molar-refractivity contribution in [1.82, 2.24) is 0 Å². The van der Waals surface area contributed by atoms with E-state index >= 15 is 0 Å². The Bertz CT molecular complexity index is 1180. The lowest BCUT2D eigenvalue weighted by molar-refractivity contribution is 1.74. The average Bonchev–Trinajstić information content (AvgIpc) is 3.01. The SMILES string of the molecule is Br.Br.c1ccc(P(c2ccccc2)c2ccccc2)cc1.c1ccc(P(c2ccccc2)c2ccccc2)cc1. The highest BCUT2D eigenvalue weighted by Crippen LogP contribution is 2.33. The zero-order valence-corrected chi connectivity index (χ0v) is 27.2. The van der Waals surface area contributed by atoms with Crippen LogP contribution in [0.15, 0.2) is 182 Å². The molecule has 4 heteroatoms. The Labute approximate surface area is 262 Å². The number of halogens is 2. The van der Waals surface area contributed by atoms with Crippen molar-refractivity contribution in [2.75, 3.05) is 0 Å². The minimum Gasteiger partial charge on any atom is -0.114 e. The second-order valence-corrected chi connectivity index (χ2v) is 13.1. The molecule has 6 aromatic carbocycles. The summed E-state index contributed by atoms with van der Waals surface area (Å²) in [4.78, 5) is 0. The van der Waals surface area contributed by atoms with Crippen LogP contribution in [0.5, 0.6) is 0 Å². The van der Waals surface area contributed by atoms with Crippen LogP contribution in [-0.4, -0.2) is 0 Å². The minimum atomic E-state index is -0.446. The van der Waals surface area contributed by atoms with E-state index in [4.69, 9.17) is 0 Å². The molecular weight excluding hydrogens is 654 g/mol. The fourth-order valence-corrected chi connectivity index (χ4v) is 8.97. The predicted octanol–water partition coefficient (Wildman–Crippen LogP) is 8.05. The van der Waals surface area contributed by atoms with Crippen molar-refractivity contribution in [3.8, 4) is 0 Å². The Hall–Kier alpha value is -2.86. The van der Waals surface area contributed by atoms with Gasteiger partial charge in [0.15, 0.2) is 0 Å². The van der Waals surface area contributed by atoms with Gasteiger partial charge in [0.1, 0.15) is 0 Å². The van der Waals surface area contributed by atoms with Gasteiger partial charge in [-0.2, -0.15) is 0 Å². The number of hydrogen-bond acceptors (Lipinski definition) is 0. The molecule has 200 valence electrons. The third-order valence-electron chi connectivity index (χ3n) is 6.09. The molecule has 0 saturated heterocycles. The molecule has 0 radical (unpaired) electrons. The Morgan fingerprint density at radius 3 is 0.450 bits per heavy atom. The monoisotopic (exact) mass is 684 g/mol. The van der Waals surface area contributed by atoms with Gasteiger partial charge < -0.3 is 0 Å². The lowest BCUT2D eigenvalue weighted by atomic mass is 10.4. The fourth-order valence-electron chi connectivity index (χ4n) is 4.36. The average molecular weight is 686 g/mol. The second-order valence-electron chi connectivity index (χ2n) is 8.68. The molecule has 0 heterocycles. The maximum atomic E-state index is 2.23. The normalized spacial score (nSPS) is 10.1. The van der Waals surface area contributed by atoms with Gasteiger partial charge in [-0.05, 0) is 47.7 Å². The maximum Gasteiger partial charge on any atom is -0.0134 e. The molecule has 40 heavy (non-hydrogen) atoms. The summed E-state index contributed by atoms with van der Waals surface area (Å²) in [5, 5.41) is 8.39. The van der Waals surface area contributed by atoms with Gasteiger partial charge >= 0.3 is 0 Å². The molecule has 0 spiro atoms. The quantitative estimate of drug-likeness (QED) is 0.156. The van der Waals surface area contributed by atoms with E-state index in [2.05, 4.69) is 182 Å². The molecule has 0 unspecified atom stereocenters. The Kier molecular flexibility index (Phi) is 13.5. The molecule has 0 bridgehead atoms. The van der Waals surface area contributed by atoms with Crippen LogP contribution < -0.4 is 31.8 Å². The van der Waals surface area contributed by atoms with Crippen molar-refractivity contribution < 1.29 is 0 Å². The summed E-state index contributed by atoms with van der Waals surface area (Å²) in [6.07, 6.45) is 0. The number of rotatable bonds is 6. The van der Waals surface area contributed by atoms with E-state index in [0.717, 1.165) is 0 Å². The maximum absolute atomic E-state index is 2.23. The highest BCUT2D eigenvalue weighted by Gasteiger charge is 2.16. The van der Waals surface area contributed by atoms with Gasteiger partial charge in [0.25, 0.3) is 0 Å². The van der Waals surface area contributed by atoms with Crippen molar-refractivity contribution in [1.29, 1.82) is 0 Å². The molecular formula is C36H32Br2P2. The zero-order chi connectivity index (χ0) is 25.8. The summed E-state index contributed by atoms with van der Waals surface area (Å²) < 4.78 is 0. The van der Waals surface area contributed by atoms with Gasteiger partial charge in [0.2, 0.25) is 0 Å². The van der Waals surface area contributed by atoms with Gasteiger partial charge in [-0.3, -0.25) is 0 Å². The van der Waals surface area contributed by atoms with Crippen LogP contribution in [0.3, 0.4) is 0 Å². The molecule has 0 aliphatic rings. The van der Waals surface area contributed by atoms with Crippen LogP contribution in [0.2, 0.25) is 0 Å². The summed E-state index contributed by atoms with van der Waals surface area (Å²) in [6, 6.07) is 64.7. The Balaban J connectivity index is 0.000000210. The molecule has 0 aromatic heterocycles. The molecule has 0 amide bonds. The van der Waals surface area contributed by atoms with Crippen molar-refractivity contribution in [3.63, 3.8) is 0 Å². The largest absolute Gasteiger partial charge is 0.114 e. The van der Waals surface area contributed by atoms with Crippen molar-refractivity contribution in [2.24, 2.45) is 0 Å². The Morgan fingerprint density at radius 1 is 0.200 bits per heavy atom. The molecule has 0 aliphatic heterocycles. The molecule has 6 aromatic rings. The van der Waals surface area contributed by atoms with E-state index in [1.54, 1.807) is 0 Å². The fraction of sp³-hybridized carbons (Fsp3) is 0. The summed E-state index contributed by atoms with van der Waals surface area (Å²) in [5.74, 6) is 0. The van der Waals surface area contributed by atoms with Crippen molar-refractivity contribution >= 4 is 81.6 Å². The van der Waals surface area contributed by atoms with Crippen LogP contribution in [-0.2, 0) is 0 Å². The van der Waals surface area contributed by atoms with E-state index in [0.29, 0.717) is 0 Å². The van der Waals surface area contributed by atoms with Crippen LogP contribution in [0.1, 0.15) is 0 Å². The van der Waals surface area contributed by atoms with E-state index in [9.17, 15) is 0 Å². The number of hydrogen-bond donors (Lipinski definition) is 0. The lowest BCUT2D eigenvalue weighted by Gasteiger charge is -2.18. The Morgan fingerprint density at radius 2 is 0.325 bits per heavy atom. The lowest BCUT2D eigenvalue weighted by Crippen LogP contribution is -2.20. The van der Waals surface area contributed by atoms with E-state index in [1.807, 2.05) is 0 Å². The predicted molar refractivity (Wildman–Crippen MR) is 191 cm³/mol. The van der Waals surface area contributed by atoms with E-state index < -0.39 is 15.8 Å². The molecule has 6 rings (SSSR count). The first kappa shape index (κ1) is 31.7. The molecule has 0 atom stereocenters. The van der Waals surface area contributed by atoms with Gasteiger partial charge in [-0.25, -0.2) is 0 Å². The second kappa shape index (κ2) is 17.1. The minimum absolute atomic E-state index is 0. The molecule has 0 fully saturated rings. The third-order valence-corrected chi connectivity index (χ3v) is 11.0. The first-order chi connectivity index (χ1) is 18.9. The van der Waals surface area contributed by atoms with E-state index in [-0.39, 0.29) is 34.0 Å². The summed E-state index contributed by atoms with van der Waals surface area (Å²) >= 11 is 0. The summed E-state index contributed by atoms with van der Waals surface area (Å²) in [7, 11) is -0.892. The highest BCUT2D eigenvalue weighted by atomic mass is 79.9. The molecule has 0 N–H and O–H groups in total. The summed E-state index contributed by atoms with van der Waals surface area (Å²) in [6.45, 7) is 0. The first-order valence-corrected chi connectivity index (χ1v) is 15.5.